The van der Waals surface area contributed by atoms with Gasteiger partial charge in [-0.05, 0) is 41.8 Å². The molecule has 2 aliphatic heterocycles. The molecule has 2 aliphatic rings. The number of aliphatic hydroxyl groups excluding tert-OH is 1. The number of aliphatic hydroxyl groups is 1. The number of carbonyl (C=O) groups excluding carboxylic acids is 1. The number of halogens is 3. The third-order valence-corrected chi connectivity index (χ3v) is 6.26. The lowest BCUT2D eigenvalue weighted by atomic mass is 10.0. The number of hydrogen-bond acceptors (Lipinski definition) is 7. The zero-order valence-corrected chi connectivity index (χ0v) is 20.6. The molecule has 1 aromatic carbocycles. The number of nitrogens with zero attached hydrogens (tertiary/aromatic N) is 3. The molecule has 0 radical (unpaired) electrons. The number of urea groups is 1. The zero-order chi connectivity index (χ0) is 26.4. The fourth-order valence-corrected chi connectivity index (χ4v) is 4.27. The normalized spacial score (nSPS) is 18.9. The number of ether oxygens (including phenoxy) is 3. The highest BCUT2D eigenvalue weighted by molar-refractivity contribution is 5.90. The Morgan fingerprint density at radius 2 is 1.95 bits per heavy atom. The van der Waals surface area contributed by atoms with Crippen LogP contribution in [0.25, 0.3) is 11.1 Å². The van der Waals surface area contributed by atoms with Crippen molar-refractivity contribution < 1.29 is 37.3 Å². The highest BCUT2D eigenvalue weighted by Crippen LogP contribution is 2.32. The smallest absolute Gasteiger partial charge is 0.414 e. The second-order valence-corrected chi connectivity index (χ2v) is 8.86. The number of carbonyl (C=O) groups is 1. The maximum Gasteiger partial charge on any atom is 0.414 e. The lowest BCUT2D eigenvalue weighted by Gasteiger charge is -2.28. The Kier molecular flexibility index (Phi) is 8.72. The molecule has 0 spiro atoms. The molecule has 3 heterocycles. The molecule has 2 fully saturated rings. The van der Waals surface area contributed by atoms with Crippen LogP contribution in [0.5, 0.6) is 5.88 Å². The van der Waals surface area contributed by atoms with Crippen molar-refractivity contribution in [2.24, 2.45) is 0 Å². The lowest BCUT2D eigenvalue weighted by Crippen LogP contribution is -2.37. The Hall–Kier alpha value is -3.09. The SMILES string of the molecule is Cc1ccc(NC(=O)N2CCOC(C(F)(F)F)CC2)cc1-c1cc(OCCO)nc(N2CCOCC2)c1. The summed E-state index contributed by atoms with van der Waals surface area (Å²) in [5, 5.41) is 12.0. The molecular formula is C25H31F3N4O5. The number of hydrogen-bond donors (Lipinski definition) is 2. The van der Waals surface area contributed by atoms with Crippen LogP contribution in [-0.4, -0.2) is 92.5 Å². The summed E-state index contributed by atoms with van der Waals surface area (Å²) >= 11 is 0. The average molecular weight is 525 g/mol. The van der Waals surface area contributed by atoms with Gasteiger partial charge in [-0.3, -0.25) is 0 Å². The maximum absolute atomic E-state index is 13.0. The molecule has 2 aromatic rings. The monoisotopic (exact) mass is 524 g/mol. The Balaban J connectivity index is 1.54. The first-order chi connectivity index (χ1) is 17.7. The molecule has 0 saturated carbocycles. The van der Waals surface area contributed by atoms with Crippen LogP contribution in [0.3, 0.4) is 0 Å². The van der Waals surface area contributed by atoms with Crippen molar-refractivity contribution in [2.45, 2.75) is 25.6 Å². The number of aromatic nitrogens is 1. The third kappa shape index (κ3) is 7.02. The summed E-state index contributed by atoms with van der Waals surface area (Å²) in [4.78, 5) is 20.9. The van der Waals surface area contributed by atoms with Gasteiger partial charge >= 0.3 is 12.2 Å². The Labute approximate surface area is 213 Å². The first kappa shape index (κ1) is 27.0. The molecule has 1 atom stereocenters. The van der Waals surface area contributed by atoms with Crippen molar-refractivity contribution in [3.63, 3.8) is 0 Å². The third-order valence-electron chi connectivity index (χ3n) is 6.26. The van der Waals surface area contributed by atoms with Crippen LogP contribution in [0, 0.1) is 6.92 Å². The van der Waals surface area contributed by atoms with Crippen molar-refractivity contribution >= 4 is 17.5 Å². The summed E-state index contributed by atoms with van der Waals surface area (Å²) in [5.41, 5.74) is 3.10. The first-order valence-corrected chi connectivity index (χ1v) is 12.2. The summed E-state index contributed by atoms with van der Waals surface area (Å²) in [6.45, 7) is 4.24. The van der Waals surface area contributed by atoms with E-state index in [4.69, 9.17) is 14.2 Å². The van der Waals surface area contributed by atoms with Gasteiger partial charge in [0.2, 0.25) is 5.88 Å². The molecule has 1 unspecified atom stereocenters. The van der Waals surface area contributed by atoms with Crippen molar-refractivity contribution in [1.29, 1.82) is 0 Å². The van der Waals surface area contributed by atoms with Crippen LogP contribution in [-0.2, 0) is 9.47 Å². The van der Waals surface area contributed by atoms with E-state index in [1.165, 1.54) is 4.90 Å². The molecule has 1 aromatic heterocycles. The van der Waals surface area contributed by atoms with Crippen LogP contribution >= 0.6 is 0 Å². The summed E-state index contributed by atoms with van der Waals surface area (Å²) in [5.74, 6) is 1.08. The Morgan fingerprint density at radius 3 is 2.68 bits per heavy atom. The van der Waals surface area contributed by atoms with E-state index in [2.05, 4.69) is 15.2 Å². The molecule has 2 N–H and O–H groups in total. The Bertz CT molecular complexity index is 1080. The molecule has 4 rings (SSSR count). The van der Waals surface area contributed by atoms with Gasteiger partial charge in [0.25, 0.3) is 0 Å². The largest absolute Gasteiger partial charge is 0.475 e. The van der Waals surface area contributed by atoms with Crippen molar-refractivity contribution in [1.82, 2.24) is 9.88 Å². The van der Waals surface area contributed by atoms with Gasteiger partial charge in [-0.25, -0.2) is 4.79 Å². The van der Waals surface area contributed by atoms with Crippen LogP contribution in [0.15, 0.2) is 30.3 Å². The number of rotatable bonds is 6. The average Bonchev–Trinajstić information content (AvgIpc) is 3.16. The van der Waals surface area contributed by atoms with Crippen molar-refractivity contribution in [3.05, 3.63) is 35.9 Å². The molecule has 2 amide bonds. The number of pyridine rings is 1. The van der Waals surface area contributed by atoms with E-state index in [1.54, 1.807) is 12.1 Å². The van der Waals surface area contributed by atoms with Crippen LogP contribution < -0.4 is 15.0 Å². The minimum atomic E-state index is -4.46. The number of morpholine rings is 1. The molecule has 37 heavy (non-hydrogen) atoms. The lowest BCUT2D eigenvalue weighted by molar-refractivity contribution is -0.218. The van der Waals surface area contributed by atoms with Gasteiger partial charge in [0.15, 0.2) is 6.10 Å². The van der Waals surface area contributed by atoms with E-state index < -0.39 is 18.3 Å². The van der Waals surface area contributed by atoms with Gasteiger partial charge in [0.05, 0.1) is 26.4 Å². The Morgan fingerprint density at radius 1 is 1.16 bits per heavy atom. The maximum atomic E-state index is 13.0. The number of nitrogens with one attached hydrogen (secondary N) is 1. The first-order valence-electron chi connectivity index (χ1n) is 12.2. The highest BCUT2D eigenvalue weighted by atomic mass is 19.4. The molecule has 0 aliphatic carbocycles. The highest BCUT2D eigenvalue weighted by Gasteiger charge is 2.41. The van der Waals surface area contributed by atoms with Crippen LogP contribution in [0.1, 0.15) is 12.0 Å². The van der Waals surface area contributed by atoms with E-state index in [1.807, 2.05) is 25.1 Å². The van der Waals surface area contributed by atoms with Gasteiger partial charge in [0.1, 0.15) is 12.4 Å². The predicted octanol–water partition coefficient (Wildman–Crippen LogP) is 3.45. The summed E-state index contributed by atoms with van der Waals surface area (Å²) in [6.07, 6.45) is -6.64. The quantitative estimate of drug-likeness (QED) is 0.598. The van der Waals surface area contributed by atoms with E-state index >= 15 is 0 Å². The molecule has 2 saturated heterocycles. The van der Waals surface area contributed by atoms with Gasteiger partial charge in [-0.15, -0.1) is 0 Å². The van der Waals surface area contributed by atoms with Crippen molar-refractivity contribution in [3.8, 4) is 17.0 Å². The number of anilines is 2. The van der Waals surface area contributed by atoms with Gasteiger partial charge in [-0.2, -0.15) is 18.2 Å². The number of alkyl halides is 3. The van der Waals surface area contributed by atoms with E-state index in [9.17, 15) is 23.1 Å². The molecule has 12 heteroatoms. The van der Waals surface area contributed by atoms with Gasteiger partial charge in [-0.1, -0.05) is 6.07 Å². The molecule has 0 bridgehead atoms. The van der Waals surface area contributed by atoms with Crippen LogP contribution in [0.4, 0.5) is 29.5 Å². The predicted molar refractivity (Wildman–Crippen MR) is 131 cm³/mol. The minimum absolute atomic E-state index is 0.0620. The second-order valence-electron chi connectivity index (χ2n) is 8.86. The second kappa shape index (κ2) is 12.0. The summed E-state index contributed by atoms with van der Waals surface area (Å²) in [6, 6.07) is 8.65. The molecule has 202 valence electrons. The zero-order valence-electron chi connectivity index (χ0n) is 20.6. The van der Waals surface area contributed by atoms with E-state index in [0.717, 1.165) is 16.7 Å². The van der Waals surface area contributed by atoms with Gasteiger partial charge < -0.3 is 34.4 Å². The van der Waals surface area contributed by atoms with E-state index in [0.29, 0.717) is 43.7 Å². The minimum Gasteiger partial charge on any atom is -0.475 e. The fraction of sp³-hybridized carbons (Fsp3) is 0.520. The molecule has 9 nitrogen and oxygen atoms in total. The fourth-order valence-electron chi connectivity index (χ4n) is 4.27. The number of benzene rings is 1. The van der Waals surface area contributed by atoms with Crippen LogP contribution in [0.2, 0.25) is 0 Å². The number of aryl methyl sites for hydroxylation is 1. The number of amides is 2. The standard InChI is InChI=1S/C25H31F3N4O5/c1-17-2-3-19(29-24(34)32-5-4-21(25(26,27)28)36-12-8-32)16-20(17)18-14-22(31-6-10-35-11-7-31)30-23(15-18)37-13-9-33/h2-3,14-16,21,33H,4-13H2,1H3,(H,29,34). The van der Waals surface area contributed by atoms with Gasteiger partial charge in [0, 0.05) is 44.4 Å². The summed E-state index contributed by atoms with van der Waals surface area (Å²) < 4.78 is 55.0. The van der Waals surface area contributed by atoms with Crippen molar-refractivity contribution in [2.75, 3.05) is 69.4 Å². The molecular weight excluding hydrogens is 493 g/mol. The summed E-state index contributed by atoms with van der Waals surface area (Å²) in [7, 11) is 0. The van der Waals surface area contributed by atoms with E-state index in [-0.39, 0.29) is 39.3 Å². The topological polar surface area (TPSA) is 96.4 Å².